The van der Waals surface area contributed by atoms with Crippen LogP contribution < -0.4 is 11.1 Å². The first kappa shape index (κ1) is 22.5. The lowest BCUT2D eigenvalue weighted by molar-refractivity contribution is 0.0573. The van der Waals surface area contributed by atoms with Crippen LogP contribution in [-0.2, 0) is 0 Å². The number of carbonyl (C=O) groups excluding carboxylic acids is 2. The molecule has 3 N–H and O–H groups in total. The van der Waals surface area contributed by atoms with Crippen LogP contribution in [0.15, 0.2) is 24.3 Å². The Balaban J connectivity index is 0.00000338. The average Bonchev–Trinajstić information content (AvgIpc) is 2.58. The molecule has 1 aliphatic heterocycles. The highest BCUT2D eigenvalue weighted by atomic mass is 35.5. The fourth-order valence-corrected chi connectivity index (χ4v) is 3.12. The Morgan fingerprint density at radius 1 is 1.19 bits per heavy atom. The third kappa shape index (κ3) is 5.99. The number of nitrogens with two attached hydrogens (primary N) is 1. The topological polar surface area (TPSA) is 75.4 Å². The molecule has 6 heteroatoms. The molecule has 1 saturated heterocycles. The van der Waals surface area contributed by atoms with Gasteiger partial charge in [-0.25, -0.2) is 0 Å². The number of benzene rings is 1. The Hall–Kier alpha value is -1.59. The lowest BCUT2D eigenvalue weighted by Crippen LogP contribution is -2.49. The predicted octanol–water partition coefficient (Wildman–Crippen LogP) is 3.08. The molecule has 0 saturated carbocycles. The monoisotopic (exact) mass is 381 g/mol. The molecule has 0 aromatic heterocycles. The number of carbonyl (C=O) groups is 2. The van der Waals surface area contributed by atoms with E-state index in [0.29, 0.717) is 30.1 Å². The number of amides is 2. The normalized spacial score (nSPS) is 20.3. The number of hydrogen-bond acceptors (Lipinski definition) is 3. The molecular weight excluding hydrogens is 350 g/mol. The Morgan fingerprint density at radius 2 is 1.77 bits per heavy atom. The van der Waals surface area contributed by atoms with Crippen molar-refractivity contribution in [2.75, 3.05) is 19.6 Å². The number of piperidine rings is 1. The van der Waals surface area contributed by atoms with E-state index in [1.165, 1.54) is 0 Å². The van der Waals surface area contributed by atoms with Crippen molar-refractivity contribution < 1.29 is 9.59 Å². The van der Waals surface area contributed by atoms with E-state index in [1.807, 2.05) is 4.90 Å². The van der Waals surface area contributed by atoms with Gasteiger partial charge >= 0.3 is 0 Å². The highest BCUT2D eigenvalue weighted by Gasteiger charge is 2.29. The first-order chi connectivity index (χ1) is 11.7. The maximum Gasteiger partial charge on any atom is 0.254 e. The Kier molecular flexibility index (Phi) is 8.10. The Labute approximate surface area is 163 Å². The van der Waals surface area contributed by atoms with Crippen LogP contribution in [0, 0.1) is 11.3 Å². The van der Waals surface area contributed by atoms with Crippen molar-refractivity contribution in [2.45, 2.75) is 46.6 Å². The minimum absolute atomic E-state index is 0. The van der Waals surface area contributed by atoms with Gasteiger partial charge in [-0.15, -0.1) is 12.4 Å². The molecule has 1 fully saturated rings. The van der Waals surface area contributed by atoms with Crippen LogP contribution in [0.5, 0.6) is 0 Å². The number of nitrogens with zero attached hydrogens (tertiary/aromatic N) is 1. The molecule has 0 bridgehead atoms. The van der Waals surface area contributed by atoms with Gasteiger partial charge in [0.05, 0.1) is 0 Å². The molecular formula is C20H32ClN3O2. The van der Waals surface area contributed by atoms with Crippen molar-refractivity contribution in [1.82, 2.24) is 10.2 Å². The molecule has 1 aromatic rings. The smallest absolute Gasteiger partial charge is 0.254 e. The highest BCUT2D eigenvalue weighted by Crippen LogP contribution is 2.23. The predicted molar refractivity (Wildman–Crippen MR) is 108 cm³/mol. The van der Waals surface area contributed by atoms with Gasteiger partial charge in [0.15, 0.2) is 0 Å². The molecule has 0 aliphatic carbocycles. The summed E-state index contributed by atoms with van der Waals surface area (Å²) in [5.74, 6) is 0.496. The summed E-state index contributed by atoms with van der Waals surface area (Å²) in [5, 5.41) is 2.92. The number of nitrogens with one attached hydrogen (secondary N) is 1. The molecule has 1 heterocycles. The van der Waals surface area contributed by atoms with Gasteiger partial charge in [0, 0.05) is 36.8 Å². The molecule has 2 atom stereocenters. The van der Waals surface area contributed by atoms with Crippen LogP contribution in [0.2, 0.25) is 0 Å². The molecule has 0 radical (unpaired) electrons. The molecule has 0 spiro atoms. The van der Waals surface area contributed by atoms with Gasteiger partial charge in [-0.3, -0.25) is 9.59 Å². The van der Waals surface area contributed by atoms with Crippen LogP contribution in [0.3, 0.4) is 0 Å². The van der Waals surface area contributed by atoms with Crippen LogP contribution in [-0.4, -0.2) is 42.4 Å². The molecule has 2 amide bonds. The van der Waals surface area contributed by atoms with Crippen molar-refractivity contribution >= 4 is 24.2 Å². The first-order valence-electron chi connectivity index (χ1n) is 9.10. The number of likely N-dealkylation sites (tertiary alicyclic amines) is 1. The van der Waals surface area contributed by atoms with Crippen LogP contribution in [0.25, 0.3) is 0 Å². The van der Waals surface area contributed by atoms with E-state index in [1.54, 1.807) is 24.3 Å². The molecule has 1 aromatic carbocycles. The lowest BCUT2D eigenvalue weighted by Gasteiger charge is -2.38. The van der Waals surface area contributed by atoms with Gasteiger partial charge in [0.2, 0.25) is 0 Å². The Bertz CT molecular complexity index is 610. The second-order valence-electron chi connectivity index (χ2n) is 8.34. The zero-order valence-corrected chi connectivity index (χ0v) is 17.1. The SMILES string of the molecule is CC1CCN(C(=O)c2ccc(C(=O)NCC(C)(C)C)cc2)C(CN)C1.Cl. The summed E-state index contributed by atoms with van der Waals surface area (Å²) >= 11 is 0. The first-order valence-corrected chi connectivity index (χ1v) is 9.10. The summed E-state index contributed by atoms with van der Waals surface area (Å²) in [6, 6.07) is 7.01. The van der Waals surface area contributed by atoms with Crippen molar-refractivity contribution in [3.8, 4) is 0 Å². The summed E-state index contributed by atoms with van der Waals surface area (Å²) < 4.78 is 0. The third-order valence-corrected chi connectivity index (χ3v) is 4.68. The maximum atomic E-state index is 12.8. The number of rotatable bonds is 4. The summed E-state index contributed by atoms with van der Waals surface area (Å²) in [6.45, 7) is 10.3. The molecule has 146 valence electrons. The Morgan fingerprint density at radius 3 is 2.31 bits per heavy atom. The second kappa shape index (κ2) is 9.38. The summed E-state index contributed by atoms with van der Waals surface area (Å²) in [7, 11) is 0. The van der Waals surface area contributed by atoms with Gasteiger partial charge < -0.3 is 16.0 Å². The fourth-order valence-electron chi connectivity index (χ4n) is 3.12. The van der Waals surface area contributed by atoms with Crippen molar-refractivity contribution in [3.63, 3.8) is 0 Å². The van der Waals surface area contributed by atoms with Gasteiger partial charge in [-0.1, -0.05) is 27.7 Å². The summed E-state index contributed by atoms with van der Waals surface area (Å²) in [5.41, 5.74) is 7.08. The van der Waals surface area contributed by atoms with E-state index in [4.69, 9.17) is 5.73 Å². The standard InChI is InChI=1S/C20H31N3O2.ClH/c1-14-9-10-23(17(11-14)12-21)19(25)16-7-5-15(6-8-16)18(24)22-13-20(2,3)4;/h5-8,14,17H,9-13,21H2,1-4H3,(H,22,24);1H. The minimum Gasteiger partial charge on any atom is -0.352 e. The zero-order chi connectivity index (χ0) is 18.6. The molecule has 26 heavy (non-hydrogen) atoms. The van der Waals surface area contributed by atoms with E-state index in [0.717, 1.165) is 19.4 Å². The van der Waals surface area contributed by atoms with Crippen molar-refractivity contribution in [2.24, 2.45) is 17.1 Å². The molecule has 2 rings (SSSR count). The number of halogens is 1. The quantitative estimate of drug-likeness (QED) is 0.841. The van der Waals surface area contributed by atoms with Crippen LogP contribution in [0.1, 0.15) is 61.3 Å². The van der Waals surface area contributed by atoms with E-state index >= 15 is 0 Å². The molecule has 5 nitrogen and oxygen atoms in total. The lowest BCUT2D eigenvalue weighted by atomic mass is 9.92. The average molecular weight is 382 g/mol. The molecule has 1 aliphatic rings. The fraction of sp³-hybridized carbons (Fsp3) is 0.600. The van der Waals surface area contributed by atoms with Crippen molar-refractivity contribution in [1.29, 1.82) is 0 Å². The zero-order valence-electron chi connectivity index (χ0n) is 16.2. The van der Waals surface area contributed by atoms with Crippen LogP contribution in [0.4, 0.5) is 0 Å². The highest BCUT2D eigenvalue weighted by molar-refractivity contribution is 5.98. The van der Waals surface area contributed by atoms with E-state index in [9.17, 15) is 9.59 Å². The molecule has 2 unspecified atom stereocenters. The van der Waals surface area contributed by atoms with E-state index in [2.05, 4.69) is 33.0 Å². The summed E-state index contributed by atoms with van der Waals surface area (Å²) in [4.78, 5) is 26.9. The second-order valence-corrected chi connectivity index (χ2v) is 8.34. The summed E-state index contributed by atoms with van der Waals surface area (Å²) in [6.07, 6.45) is 1.96. The minimum atomic E-state index is -0.111. The van der Waals surface area contributed by atoms with Gasteiger partial charge in [0.25, 0.3) is 11.8 Å². The maximum absolute atomic E-state index is 12.8. The van der Waals surface area contributed by atoms with Gasteiger partial charge in [0.1, 0.15) is 0 Å². The van der Waals surface area contributed by atoms with E-state index in [-0.39, 0.29) is 35.7 Å². The third-order valence-electron chi connectivity index (χ3n) is 4.68. The van der Waals surface area contributed by atoms with Gasteiger partial charge in [-0.05, 0) is 48.4 Å². The van der Waals surface area contributed by atoms with Crippen molar-refractivity contribution in [3.05, 3.63) is 35.4 Å². The van der Waals surface area contributed by atoms with E-state index < -0.39 is 0 Å². The van der Waals surface area contributed by atoms with Crippen LogP contribution >= 0.6 is 12.4 Å². The van der Waals surface area contributed by atoms with Gasteiger partial charge in [-0.2, -0.15) is 0 Å². The number of hydrogen-bond donors (Lipinski definition) is 2. The largest absolute Gasteiger partial charge is 0.352 e.